The summed E-state index contributed by atoms with van der Waals surface area (Å²) in [6.45, 7) is 19.3. The van der Waals surface area contributed by atoms with Gasteiger partial charge < -0.3 is 70.2 Å². The van der Waals surface area contributed by atoms with E-state index < -0.39 is 34.0 Å². The Bertz CT molecular complexity index is 5510. The molecule has 3 heterocycles. The van der Waals surface area contributed by atoms with Crippen LogP contribution in [-0.4, -0.2) is 153 Å². The molecular formula is C99H115N15O12. The summed E-state index contributed by atoms with van der Waals surface area (Å²) in [6.07, 6.45) is 14.6. The molecule has 0 radical (unpaired) electrons. The molecule has 3 aromatic heterocycles. The van der Waals surface area contributed by atoms with Crippen molar-refractivity contribution in [1.29, 1.82) is 5.26 Å². The Labute approximate surface area is 735 Å². The number of aromatic nitrogens is 6. The number of nitriles is 1. The van der Waals surface area contributed by atoms with E-state index in [9.17, 15) is 29.2 Å². The van der Waals surface area contributed by atoms with E-state index in [1.54, 1.807) is 65.6 Å². The molecule has 8 atom stereocenters. The molecule has 8 N–H and O–H groups in total. The van der Waals surface area contributed by atoms with Gasteiger partial charge in [-0.3, -0.25) is 9.59 Å². The summed E-state index contributed by atoms with van der Waals surface area (Å²) in [5, 5.41) is 38.2. The highest BCUT2D eigenvalue weighted by Crippen LogP contribution is 2.54. The highest BCUT2D eigenvalue weighted by atomic mass is 16.6. The Kier molecular flexibility index (Phi) is 25.6. The zero-order chi connectivity index (χ0) is 88.9. The van der Waals surface area contributed by atoms with Crippen LogP contribution >= 0.6 is 0 Å². The van der Waals surface area contributed by atoms with Crippen LogP contribution in [0.4, 0.5) is 14.4 Å². The standard InChI is InChI=1S/C28H32N4O4.C28H30N4O3.C23H24N4O2.C20H29N3O3/c1-27(2,3)35-26(34)32(22-16-21(22)18-8-5-4-6-9-18)17-28(14-7-15-28)25-30-24(36-31-25)20-12-10-19(11-13-20)23(29)33;1-27(2,3)34-26(33)32(23-16-22(23)20-8-5-4-6-9-20)18-28(14-7-15-28)25-30-24(35-31-25)21-12-10-19(17-29)11-13-21;24-20(28)16-7-9-17(10-8-16)21-26-22(27-29-21)23(11-4-12-23)14-25-19-13-18(19)15-5-2-1-3-6-15;1-19(2,3)26-18(24)23(13-20(10-7-11-20)17(21)22-25)16-12-15(16)14-8-5-4-6-9-14/h4-6,8-13,21-22H,7,14-17H2,1-3H3,(H2,29,33);4-6,8-13,22-23H,7,14-16,18H2,1-3H3;1-3,5-10,18-19,25H,4,11-14H2,(H2,24,28);4-6,8-9,15-16,25H,7,10-13H2,1-3H3,(H2,21,22)/t21?,22-;22?,23-;18?,19-;15?,16-/m0000/s1. The van der Waals surface area contributed by atoms with Gasteiger partial charge in [0.25, 0.3) is 17.7 Å². The first-order valence-corrected chi connectivity index (χ1v) is 44.1. The van der Waals surface area contributed by atoms with Gasteiger partial charge in [0, 0.05) is 113 Å². The Hall–Kier alpha value is -12.6. The van der Waals surface area contributed by atoms with Crippen LogP contribution in [0.3, 0.4) is 0 Å². The lowest BCUT2D eigenvalue weighted by molar-refractivity contribution is 0.0109. The lowest BCUT2D eigenvalue weighted by Crippen LogP contribution is -2.53. The maximum absolute atomic E-state index is 13.4. The molecule has 658 valence electrons. The topological polar surface area (TPSA) is 386 Å². The van der Waals surface area contributed by atoms with Crippen molar-refractivity contribution in [3.63, 3.8) is 0 Å². The van der Waals surface area contributed by atoms with Gasteiger partial charge in [-0.05, 0) is 234 Å². The van der Waals surface area contributed by atoms with Crippen molar-refractivity contribution >= 4 is 35.9 Å². The molecule has 8 aliphatic carbocycles. The van der Waals surface area contributed by atoms with Gasteiger partial charge in [-0.15, -0.1) is 0 Å². The average molecular weight is 1710 g/mol. The Morgan fingerprint density at radius 1 is 0.437 bits per heavy atom. The van der Waals surface area contributed by atoms with Crippen LogP contribution in [0.25, 0.3) is 34.4 Å². The summed E-state index contributed by atoms with van der Waals surface area (Å²) < 4.78 is 34.1. The third-order valence-electron chi connectivity index (χ3n) is 25.9. The molecule has 8 fully saturated rings. The molecule has 4 unspecified atom stereocenters. The molecule has 0 saturated heterocycles. The van der Waals surface area contributed by atoms with Crippen LogP contribution in [0, 0.1) is 16.7 Å². The smallest absolute Gasteiger partial charge is 0.410 e. The first kappa shape index (κ1) is 88.3. The van der Waals surface area contributed by atoms with Crippen molar-refractivity contribution in [2.24, 2.45) is 27.8 Å². The predicted octanol–water partition coefficient (Wildman–Crippen LogP) is 18.0. The van der Waals surface area contributed by atoms with Crippen LogP contribution < -0.4 is 22.5 Å². The van der Waals surface area contributed by atoms with Crippen LogP contribution in [0.1, 0.15) is 255 Å². The number of ether oxygens (including phenoxy) is 3. The fourth-order valence-electron chi connectivity index (χ4n) is 17.8. The second kappa shape index (κ2) is 36.6. The summed E-state index contributed by atoms with van der Waals surface area (Å²) in [5.41, 5.74) is 22.5. The summed E-state index contributed by atoms with van der Waals surface area (Å²) in [6, 6.07) is 65.3. The molecule has 0 aliphatic heterocycles. The van der Waals surface area contributed by atoms with E-state index in [0.717, 1.165) is 113 Å². The van der Waals surface area contributed by atoms with Gasteiger partial charge in [0.15, 0.2) is 17.5 Å². The SMILES string of the molecule is CC(C)(C)OC(=O)N(CC1(C(N)=NO)CCC1)[C@H]1CC1c1ccccc1.CC(C)(C)OC(=O)N(CC1(c2noc(-c3ccc(C#N)cc3)n2)CCC1)[C@H]1CC1c1ccccc1.CC(C)(C)OC(=O)N(CC1(c2noc(-c3ccc(C(N)=O)cc3)n2)CCC1)[C@H]1CC1c1ccccc1.NC(=O)c1ccc(-c2nc(C3(CN[C@H]4CC4c4ccccc4)CCC3)no2)cc1. The molecule has 27 heteroatoms. The Morgan fingerprint density at radius 2 is 0.746 bits per heavy atom. The van der Waals surface area contributed by atoms with E-state index in [-0.39, 0.29) is 58.5 Å². The number of hydrogen-bond acceptors (Lipinski definition) is 21. The van der Waals surface area contributed by atoms with Gasteiger partial charge in [-0.2, -0.15) is 20.2 Å². The summed E-state index contributed by atoms with van der Waals surface area (Å²) in [4.78, 5) is 82.0. The number of primary amides is 2. The molecule has 0 bridgehead atoms. The number of carbonyl (C=O) groups is 5. The highest BCUT2D eigenvalue weighted by Gasteiger charge is 2.56. The number of carbonyl (C=O) groups excluding carboxylic acids is 5. The first-order valence-electron chi connectivity index (χ1n) is 44.1. The van der Waals surface area contributed by atoms with E-state index in [0.29, 0.717) is 101 Å². The van der Waals surface area contributed by atoms with E-state index in [2.05, 4.69) is 98.7 Å². The number of nitrogens with zero attached hydrogens (tertiary/aromatic N) is 11. The average Bonchev–Trinajstić information content (AvgIpc) is 1.58. The van der Waals surface area contributed by atoms with Crippen LogP contribution in [0.5, 0.6) is 0 Å². The normalized spacial score (nSPS) is 21.6. The fraction of sp³-hybridized carbons (Fsp3) is 0.444. The van der Waals surface area contributed by atoms with E-state index >= 15 is 0 Å². The molecule has 18 rings (SSSR count). The van der Waals surface area contributed by atoms with Gasteiger partial charge in [0.1, 0.15) is 22.6 Å². The molecule has 27 nitrogen and oxygen atoms in total. The van der Waals surface area contributed by atoms with E-state index in [1.165, 1.54) is 35.1 Å². The number of nitrogens with two attached hydrogens (primary N) is 3. The molecule has 126 heavy (non-hydrogen) atoms. The van der Waals surface area contributed by atoms with Gasteiger partial charge in [-0.25, -0.2) is 14.4 Å². The van der Waals surface area contributed by atoms with Gasteiger partial charge in [0.05, 0.1) is 22.5 Å². The minimum absolute atomic E-state index is 0.0429. The molecule has 0 spiro atoms. The maximum Gasteiger partial charge on any atom is 0.410 e. The molecule has 8 saturated carbocycles. The maximum atomic E-state index is 13.4. The van der Waals surface area contributed by atoms with Crippen molar-refractivity contribution < 1.29 is 57.0 Å². The first-order chi connectivity index (χ1) is 60.3. The Morgan fingerprint density at radius 3 is 1.03 bits per heavy atom. The van der Waals surface area contributed by atoms with Gasteiger partial charge in [0.2, 0.25) is 11.8 Å². The summed E-state index contributed by atoms with van der Waals surface area (Å²) in [7, 11) is 0. The monoisotopic (exact) mass is 1710 g/mol. The largest absolute Gasteiger partial charge is 0.444 e. The lowest BCUT2D eigenvalue weighted by atomic mass is 9.67. The molecule has 5 amide bonds. The third-order valence-corrected chi connectivity index (χ3v) is 25.9. The molecule has 7 aromatic carbocycles. The molecular weight excluding hydrogens is 1590 g/mol. The predicted molar refractivity (Wildman–Crippen MR) is 474 cm³/mol. The number of hydrogen-bond donors (Lipinski definition) is 5. The summed E-state index contributed by atoms with van der Waals surface area (Å²) in [5.74, 6) is 4.10. The quantitative estimate of drug-likeness (QED) is 0.0117. The van der Waals surface area contributed by atoms with Crippen LogP contribution in [0.2, 0.25) is 0 Å². The van der Waals surface area contributed by atoms with Crippen molar-refractivity contribution in [3.05, 3.63) is 251 Å². The Balaban J connectivity index is 0.000000131. The molecule has 10 aromatic rings. The van der Waals surface area contributed by atoms with E-state index in [4.69, 9.17) is 65.2 Å². The van der Waals surface area contributed by atoms with Crippen molar-refractivity contribution in [3.8, 4) is 40.4 Å². The van der Waals surface area contributed by atoms with Crippen molar-refractivity contribution in [2.45, 2.75) is 246 Å². The van der Waals surface area contributed by atoms with Crippen molar-refractivity contribution in [1.82, 2.24) is 50.4 Å². The number of amidine groups is 1. The second-order valence-electron chi connectivity index (χ2n) is 38.4. The number of benzene rings is 7. The number of rotatable bonds is 25. The zero-order valence-corrected chi connectivity index (χ0v) is 73.3. The third kappa shape index (κ3) is 20.7. The number of amides is 5. The van der Waals surface area contributed by atoms with E-state index in [1.807, 2.05) is 139 Å². The minimum atomic E-state index is -0.588. The lowest BCUT2D eigenvalue weighted by Gasteiger charge is -2.44. The number of oxime groups is 1. The highest BCUT2D eigenvalue weighted by molar-refractivity contribution is 5.94. The van der Waals surface area contributed by atoms with Crippen molar-refractivity contribution in [2.75, 3.05) is 26.2 Å². The van der Waals surface area contributed by atoms with Crippen LogP contribution in [-0.2, 0) is 30.5 Å². The zero-order valence-electron chi connectivity index (χ0n) is 73.3. The minimum Gasteiger partial charge on any atom is -0.444 e. The summed E-state index contributed by atoms with van der Waals surface area (Å²) >= 11 is 0. The van der Waals surface area contributed by atoms with Gasteiger partial charge in [-0.1, -0.05) is 168 Å². The molecule has 8 aliphatic rings. The fourth-order valence-corrected chi connectivity index (χ4v) is 17.8. The van der Waals surface area contributed by atoms with Crippen LogP contribution in [0.15, 0.2) is 213 Å². The number of nitrogens with one attached hydrogen (secondary N) is 1. The van der Waals surface area contributed by atoms with Gasteiger partial charge >= 0.3 is 18.3 Å². The second-order valence-corrected chi connectivity index (χ2v) is 38.4.